The fourth-order valence-corrected chi connectivity index (χ4v) is 1.86. The van der Waals surface area contributed by atoms with Crippen LogP contribution in [-0.4, -0.2) is 31.3 Å². The fraction of sp³-hybridized carbons (Fsp3) is 0.857. The average molecular weight is 159 g/mol. The Kier molecular flexibility index (Phi) is 1.39. The van der Waals surface area contributed by atoms with Crippen LogP contribution >= 0.6 is 0 Å². The molecule has 0 aromatic carbocycles. The molecule has 0 aromatic rings. The molecule has 2 heterocycles. The molecule has 3 rings (SSSR count). The predicted octanol–water partition coefficient (Wildman–Crippen LogP) is -0.142. The molecule has 1 aliphatic carbocycles. The van der Waals surface area contributed by atoms with Crippen LogP contribution in [0.3, 0.4) is 0 Å². The summed E-state index contributed by atoms with van der Waals surface area (Å²) in [4.78, 5) is 10.9. The standard InChI is InChI=1S/C7H10FNO2/c1-11-7(10)6-3-2-4(9-6)5(3)8/h3-6,9H,2H2,1H3. The monoisotopic (exact) mass is 159 g/mol. The molecule has 4 heteroatoms. The maximum atomic E-state index is 12.8. The molecule has 3 aliphatic rings. The molecular formula is C7H10FNO2. The number of alkyl halides is 1. The SMILES string of the molecule is COC(=O)C1NC2CC1C2F. The van der Waals surface area contributed by atoms with Crippen molar-refractivity contribution in [2.45, 2.75) is 24.7 Å². The van der Waals surface area contributed by atoms with Gasteiger partial charge in [0, 0.05) is 12.0 Å². The summed E-state index contributed by atoms with van der Waals surface area (Å²) >= 11 is 0. The van der Waals surface area contributed by atoms with Gasteiger partial charge in [-0.2, -0.15) is 0 Å². The lowest BCUT2D eigenvalue weighted by molar-refractivity contribution is -0.143. The lowest BCUT2D eigenvalue weighted by Gasteiger charge is -2.27. The van der Waals surface area contributed by atoms with Crippen LogP contribution in [0.25, 0.3) is 0 Å². The van der Waals surface area contributed by atoms with Crippen LogP contribution in [0.5, 0.6) is 0 Å². The summed E-state index contributed by atoms with van der Waals surface area (Å²) in [5, 5.41) is 2.88. The van der Waals surface area contributed by atoms with E-state index in [0.29, 0.717) is 0 Å². The summed E-state index contributed by atoms with van der Waals surface area (Å²) in [5.74, 6) is -0.468. The Labute approximate surface area is 63.9 Å². The van der Waals surface area contributed by atoms with Crippen molar-refractivity contribution in [1.29, 1.82) is 0 Å². The molecule has 0 amide bonds. The molecule has 0 aromatic heterocycles. The van der Waals surface area contributed by atoms with Gasteiger partial charge >= 0.3 is 5.97 Å². The molecule has 2 saturated heterocycles. The highest BCUT2D eigenvalue weighted by molar-refractivity contribution is 5.77. The van der Waals surface area contributed by atoms with Crippen molar-refractivity contribution in [2.24, 2.45) is 5.92 Å². The third kappa shape index (κ3) is 0.788. The minimum Gasteiger partial charge on any atom is -0.468 e. The summed E-state index contributed by atoms with van der Waals surface area (Å²) in [6.45, 7) is 0. The molecule has 2 bridgehead atoms. The van der Waals surface area contributed by atoms with Crippen molar-refractivity contribution in [2.75, 3.05) is 7.11 Å². The van der Waals surface area contributed by atoms with Crippen LogP contribution in [-0.2, 0) is 9.53 Å². The second kappa shape index (κ2) is 2.17. The zero-order valence-electron chi connectivity index (χ0n) is 6.21. The quantitative estimate of drug-likeness (QED) is 0.541. The number of hydrogen-bond acceptors (Lipinski definition) is 3. The summed E-state index contributed by atoms with van der Waals surface area (Å²) < 4.78 is 17.4. The normalized spacial score (nSPS) is 46.7. The highest BCUT2D eigenvalue weighted by Gasteiger charge is 2.56. The highest BCUT2D eigenvalue weighted by atomic mass is 19.1. The number of methoxy groups -OCH3 is 1. The fourth-order valence-electron chi connectivity index (χ4n) is 1.86. The van der Waals surface area contributed by atoms with Gasteiger partial charge in [0.15, 0.2) is 0 Å². The van der Waals surface area contributed by atoms with Gasteiger partial charge in [0.2, 0.25) is 0 Å². The zero-order chi connectivity index (χ0) is 8.01. The minimum absolute atomic E-state index is 0.0934. The van der Waals surface area contributed by atoms with Crippen LogP contribution < -0.4 is 5.32 Å². The van der Waals surface area contributed by atoms with E-state index in [4.69, 9.17) is 0 Å². The Balaban J connectivity index is 2.04. The second-order valence-corrected chi connectivity index (χ2v) is 3.12. The van der Waals surface area contributed by atoms with Crippen LogP contribution in [0.4, 0.5) is 4.39 Å². The van der Waals surface area contributed by atoms with E-state index < -0.39 is 6.17 Å². The van der Waals surface area contributed by atoms with Crippen LogP contribution in [0.2, 0.25) is 0 Å². The van der Waals surface area contributed by atoms with Gasteiger partial charge in [-0.25, -0.2) is 4.39 Å². The first-order valence-electron chi connectivity index (χ1n) is 3.72. The average Bonchev–Trinajstić information content (AvgIpc) is 2.58. The number of ether oxygens (including phenoxy) is 1. The number of halogens is 1. The van der Waals surface area contributed by atoms with Gasteiger partial charge in [-0.05, 0) is 6.42 Å². The number of rotatable bonds is 1. The van der Waals surface area contributed by atoms with E-state index in [0.717, 1.165) is 6.42 Å². The highest BCUT2D eigenvalue weighted by Crippen LogP contribution is 2.41. The topological polar surface area (TPSA) is 38.3 Å². The molecule has 0 radical (unpaired) electrons. The van der Waals surface area contributed by atoms with Gasteiger partial charge in [0.05, 0.1) is 7.11 Å². The first-order valence-corrected chi connectivity index (χ1v) is 3.72. The van der Waals surface area contributed by atoms with Crippen molar-refractivity contribution >= 4 is 5.97 Å². The number of esters is 1. The molecule has 4 atom stereocenters. The Morgan fingerprint density at radius 2 is 2.45 bits per heavy atom. The van der Waals surface area contributed by atoms with E-state index in [1.807, 2.05) is 0 Å². The Bertz CT molecular complexity index is 197. The molecule has 2 aliphatic heterocycles. The summed E-state index contributed by atoms with van der Waals surface area (Å²) in [6, 6.07) is -0.482. The van der Waals surface area contributed by atoms with E-state index >= 15 is 0 Å². The first-order chi connectivity index (χ1) is 5.24. The molecule has 4 unspecified atom stereocenters. The van der Waals surface area contributed by atoms with E-state index in [2.05, 4.69) is 10.1 Å². The lowest BCUT2D eigenvalue weighted by atomic mass is 9.81. The van der Waals surface area contributed by atoms with E-state index in [-0.39, 0.29) is 24.0 Å². The molecule has 3 fully saturated rings. The Morgan fingerprint density at radius 1 is 1.73 bits per heavy atom. The van der Waals surface area contributed by atoms with Gasteiger partial charge in [-0.15, -0.1) is 0 Å². The maximum absolute atomic E-state index is 12.8. The maximum Gasteiger partial charge on any atom is 0.323 e. The molecule has 1 N–H and O–H groups in total. The molecule has 11 heavy (non-hydrogen) atoms. The molecule has 0 spiro atoms. The summed E-state index contributed by atoms with van der Waals surface area (Å²) in [5.41, 5.74) is 0. The Hall–Kier alpha value is -0.640. The number of nitrogens with one attached hydrogen (secondary N) is 1. The number of hydrogen-bond donors (Lipinski definition) is 1. The van der Waals surface area contributed by atoms with Gasteiger partial charge < -0.3 is 4.74 Å². The smallest absolute Gasteiger partial charge is 0.323 e. The third-order valence-corrected chi connectivity index (χ3v) is 2.60. The van der Waals surface area contributed by atoms with Crippen molar-refractivity contribution in [3.8, 4) is 0 Å². The van der Waals surface area contributed by atoms with Gasteiger partial charge in [0.25, 0.3) is 0 Å². The molecule has 3 nitrogen and oxygen atoms in total. The summed E-state index contributed by atoms with van der Waals surface area (Å²) in [6.07, 6.45) is -0.0555. The Morgan fingerprint density at radius 3 is 2.82 bits per heavy atom. The molecule has 62 valence electrons. The third-order valence-electron chi connectivity index (χ3n) is 2.60. The van der Waals surface area contributed by atoms with Gasteiger partial charge in [0.1, 0.15) is 12.2 Å². The van der Waals surface area contributed by atoms with Crippen LogP contribution in [0, 0.1) is 5.92 Å². The van der Waals surface area contributed by atoms with E-state index in [9.17, 15) is 9.18 Å². The largest absolute Gasteiger partial charge is 0.468 e. The molecular weight excluding hydrogens is 149 g/mol. The van der Waals surface area contributed by atoms with E-state index in [1.54, 1.807) is 0 Å². The number of fused-ring (bicyclic) bond motifs is 1. The van der Waals surface area contributed by atoms with Crippen molar-refractivity contribution in [3.63, 3.8) is 0 Å². The zero-order valence-corrected chi connectivity index (χ0v) is 6.21. The summed E-state index contributed by atoms with van der Waals surface area (Å²) in [7, 11) is 1.33. The molecule has 1 saturated carbocycles. The van der Waals surface area contributed by atoms with Crippen molar-refractivity contribution in [1.82, 2.24) is 5.32 Å². The van der Waals surface area contributed by atoms with Crippen LogP contribution in [0.1, 0.15) is 6.42 Å². The number of carbonyl (C=O) groups is 1. The van der Waals surface area contributed by atoms with Crippen molar-refractivity contribution < 1.29 is 13.9 Å². The predicted molar refractivity (Wildman–Crippen MR) is 35.7 cm³/mol. The lowest BCUT2D eigenvalue weighted by Crippen LogP contribution is -2.38. The number of carbonyl (C=O) groups excluding carboxylic acids is 1. The van der Waals surface area contributed by atoms with Gasteiger partial charge in [-0.1, -0.05) is 0 Å². The van der Waals surface area contributed by atoms with Crippen LogP contribution in [0.15, 0.2) is 0 Å². The first kappa shape index (κ1) is 7.03. The van der Waals surface area contributed by atoms with E-state index in [1.165, 1.54) is 7.11 Å². The van der Waals surface area contributed by atoms with Crippen molar-refractivity contribution in [3.05, 3.63) is 0 Å². The second-order valence-electron chi connectivity index (χ2n) is 3.12. The van der Waals surface area contributed by atoms with Gasteiger partial charge in [-0.3, -0.25) is 10.1 Å². The minimum atomic E-state index is -0.834.